The van der Waals surface area contributed by atoms with Crippen LogP contribution < -0.4 is 9.80 Å². The van der Waals surface area contributed by atoms with Crippen molar-refractivity contribution in [3.8, 4) is 28.3 Å². The van der Waals surface area contributed by atoms with E-state index in [1.165, 1.54) is 34.1 Å². The van der Waals surface area contributed by atoms with Crippen LogP contribution in [0.5, 0.6) is 0 Å². The van der Waals surface area contributed by atoms with Crippen LogP contribution in [0, 0.1) is 41.2 Å². The predicted molar refractivity (Wildman–Crippen MR) is 241 cm³/mol. The average Bonchev–Trinajstić information content (AvgIpc) is 3.31. The lowest BCUT2D eigenvalue weighted by atomic mass is 9.91. The van der Waals surface area contributed by atoms with Crippen molar-refractivity contribution in [1.29, 1.82) is 5.26 Å². The molecule has 0 saturated carbocycles. The minimum atomic E-state index is -0.789. The molecular weight excluding hydrogens is 781 g/mol. The number of halogens is 4. The second kappa shape index (κ2) is 15.3. The number of rotatable bonds is 8. The first kappa shape index (κ1) is 37.8. The van der Waals surface area contributed by atoms with Gasteiger partial charge in [-0.3, -0.25) is 0 Å². The molecule has 10 aromatic carbocycles. The van der Waals surface area contributed by atoms with Gasteiger partial charge in [0.15, 0.2) is 29.0 Å². The number of benzene rings is 10. The lowest BCUT2D eigenvalue weighted by Crippen LogP contribution is -2.15. The summed E-state index contributed by atoms with van der Waals surface area (Å²) < 4.78 is 66.6. The van der Waals surface area contributed by atoms with E-state index >= 15 is 17.6 Å². The van der Waals surface area contributed by atoms with Gasteiger partial charge in [-0.25, -0.2) is 22.4 Å². The molecule has 294 valence electrons. The van der Waals surface area contributed by atoms with Crippen LogP contribution in [-0.2, 0) is 0 Å². The van der Waals surface area contributed by atoms with Gasteiger partial charge in [-0.05, 0) is 117 Å². The van der Waals surface area contributed by atoms with Crippen molar-refractivity contribution < 1.29 is 17.6 Å². The van der Waals surface area contributed by atoms with Gasteiger partial charge in [0.25, 0.3) is 0 Å². The van der Waals surface area contributed by atoms with E-state index in [9.17, 15) is 5.26 Å². The van der Waals surface area contributed by atoms with Gasteiger partial charge in [0.1, 0.15) is 11.4 Å². The molecular formula is C54H30F4N4. The van der Waals surface area contributed by atoms with Gasteiger partial charge in [-0.2, -0.15) is 5.26 Å². The lowest BCUT2D eigenvalue weighted by Gasteiger charge is -2.30. The molecule has 0 radical (unpaired) electrons. The summed E-state index contributed by atoms with van der Waals surface area (Å²) in [5, 5.41) is 14.1. The molecule has 0 heterocycles. The molecule has 62 heavy (non-hydrogen) atoms. The maximum absolute atomic E-state index is 16.6. The molecule has 10 rings (SSSR count). The van der Waals surface area contributed by atoms with E-state index in [1.807, 2.05) is 60.7 Å². The van der Waals surface area contributed by atoms with E-state index in [4.69, 9.17) is 6.57 Å². The van der Waals surface area contributed by atoms with Crippen LogP contribution in [0.25, 0.3) is 59.4 Å². The molecule has 0 amide bonds. The van der Waals surface area contributed by atoms with Gasteiger partial charge >= 0.3 is 0 Å². The normalized spacial score (nSPS) is 11.2. The minimum Gasteiger partial charge on any atom is -0.305 e. The molecule has 0 spiro atoms. The lowest BCUT2D eigenvalue weighted by molar-refractivity contribution is 0.586. The van der Waals surface area contributed by atoms with Crippen LogP contribution in [-0.4, -0.2) is 0 Å². The topological polar surface area (TPSA) is 34.6 Å². The standard InChI is InChI=1S/C54H30F4N4/c1-60-40-18-22-42(23-19-40)62(54-47(57)30-39(31-48(54)58)35-10-6-3-7-11-35)50-27-17-37-14-24-43-49(26-16-36-15-25-44(50)52(37)51(36)43)61(41-20-12-33(32-59)13-21-41)53-45(55)28-38(29-46(53)56)34-8-4-2-5-9-34/h2-31H. The maximum Gasteiger partial charge on any atom is 0.187 e. The minimum absolute atomic E-state index is 0.298. The summed E-state index contributed by atoms with van der Waals surface area (Å²) in [5.41, 5.74) is 4.00. The Hall–Kier alpha value is -8.46. The summed E-state index contributed by atoms with van der Waals surface area (Å²) in [6, 6.07) is 53.5. The maximum atomic E-state index is 16.6. The molecule has 8 heteroatoms. The van der Waals surface area contributed by atoms with Crippen molar-refractivity contribution in [3.05, 3.63) is 222 Å². The van der Waals surface area contributed by atoms with E-state index in [-0.39, 0.29) is 11.4 Å². The summed E-state index contributed by atoms with van der Waals surface area (Å²) in [5.74, 6) is -3.15. The SMILES string of the molecule is [C-]#[N+]c1ccc(N(c2c(F)cc(-c3ccccc3)cc2F)c2ccc3ccc4c(N(c5ccc(C#N)cc5)c5c(F)cc(-c6ccccc6)cc5F)ccc5ccc2c3c54)cc1. The third-order valence-electron chi connectivity index (χ3n) is 11.3. The van der Waals surface area contributed by atoms with E-state index in [0.29, 0.717) is 67.0 Å². The Balaban J connectivity index is 1.21. The van der Waals surface area contributed by atoms with Gasteiger partial charge in [0, 0.05) is 22.1 Å². The molecule has 0 aliphatic heterocycles. The number of hydrogen-bond donors (Lipinski definition) is 0. The van der Waals surface area contributed by atoms with Gasteiger partial charge < -0.3 is 9.80 Å². The summed E-state index contributed by atoms with van der Waals surface area (Å²) >= 11 is 0. The zero-order chi connectivity index (χ0) is 42.5. The van der Waals surface area contributed by atoms with E-state index in [2.05, 4.69) is 10.9 Å². The van der Waals surface area contributed by atoms with Crippen LogP contribution in [0.15, 0.2) is 182 Å². The summed E-state index contributed by atoms with van der Waals surface area (Å²) in [7, 11) is 0. The summed E-state index contributed by atoms with van der Waals surface area (Å²) in [6.07, 6.45) is 0. The van der Waals surface area contributed by atoms with Gasteiger partial charge in [0.05, 0.1) is 29.6 Å². The molecule has 10 aromatic rings. The highest BCUT2D eigenvalue weighted by molar-refractivity contribution is 6.28. The number of anilines is 6. The Labute approximate surface area is 354 Å². The molecule has 0 saturated heterocycles. The highest BCUT2D eigenvalue weighted by atomic mass is 19.1. The Morgan fingerprint density at radius 1 is 0.435 bits per heavy atom. The molecule has 4 nitrogen and oxygen atoms in total. The highest BCUT2D eigenvalue weighted by Crippen LogP contribution is 2.49. The monoisotopic (exact) mass is 810 g/mol. The quantitative estimate of drug-likeness (QED) is 0.0871. The zero-order valence-corrected chi connectivity index (χ0v) is 32.6. The van der Waals surface area contributed by atoms with Crippen molar-refractivity contribution >= 4 is 72.1 Å². The first-order valence-corrected chi connectivity index (χ1v) is 19.7. The highest BCUT2D eigenvalue weighted by Gasteiger charge is 2.28. The third kappa shape index (κ3) is 6.39. The Morgan fingerprint density at radius 2 is 0.823 bits per heavy atom. The molecule has 0 N–H and O–H groups in total. The average molecular weight is 811 g/mol. The second-order valence-electron chi connectivity index (χ2n) is 14.9. The van der Waals surface area contributed by atoms with Crippen LogP contribution in [0.3, 0.4) is 0 Å². The summed E-state index contributed by atoms with van der Waals surface area (Å²) in [6.45, 7) is 7.53. The Bertz CT molecular complexity index is 3140. The zero-order valence-electron chi connectivity index (χ0n) is 32.6. The van der Waals surface area contributed by atoms with Crippen molar-refractivity contribution in [2.75, 3.05) is 9.80 Å². The van der Waals surface area contributed by atoms with Crippen molar-refractivity contribution in [3.63, 3.8) is 0 Å². The predicted octanol–water partition coefficient (Wildman–Crippen LogP) is 15.8. The molecule has 0 aliphatic carbocycles. The fourth-order valence-corrected chi connectivity index (χ4v) is 8.45. The largest absolute Gasteiger partial charge is 0.305 e. The fraction of sp³-hybridized carbons (Fsp3) is 0. The second-order valence-corrected chi connectivity index (χ2v) is 14.9. The van der Waals surface area contributed by atoms with E-state index in [1.54, 1.807) is 97.1 Å². The van der Waals surface area contributed by atoms with Gasteiger partial charge in [-0.15, -0.1) is 0 Å². The molecule has 0 aromatic heterocycles. The molecule has 0 aliphatic rings. The number of hydrogen-bond acceptors (Lipinski definition) is 3. The van der Waals surface area contributed by atoms with Crippen molar-refractivity contribution in [1.82, 2.24) is 0 Å². The molecule has 0 atom stereocenters. The smallest absolute Gasteiger partial charge is 0.187 e. The van der Waals surface area contributed by atoms with Crippen LogP contribution in [0.4, 0.5) is 57.4 Å². The first-order chi connectivity index (χ1) is 30.3. The third-order valence-corrected chi connectivity index (χ3v) is 11.3. The van der Waals surface area contributed by atoms with Crippen LogP contribution in [0.1, 0.15) is 5.56 Å². The number of nitrogens with zero attached hydrogens (tertiary/aromatic N) is 4. The van der Waals surface area contributed by atoms with E-state index in [0.717, 1.165) is 21.5 Å². The van der Waals surface area contributed by atoms with Crippen LogP contribution >= 0.6 is 0 Å². The molecule has 0 bridgehead atoms. The Morgan fingerprint density at radius 3 is 1.21 bits per heavy atom. The molecule has 0 unspecified atom stereocenters. The first-order valence-electron chi connectivity index (χ1n) is 19.7. The van der Waals surface area contributed by atoms with Gasteiger partial charge in [-0.1, -0.05) is 109 Å². The van der Waals surface area contributed by atoms with E-state index < -0.39 is 23.3 Å². The van der Waals surface area contributed by atoms with Gasteiger partial charge in [0.2, 0.25) is 0 Å². The fourth-order valence-electron chi connectivity index (χ4n) is 8.45. The van der Waals surface area contributed by atoms with Crippen molar-refractivity contribution in [2.24, 2.45) is 0 Å². The molecule has 0 fully saturated rings. The van der Waals surface area contributed by atoms with Crippen LogP contribution in [0.2, 0.25) is 0 Å². The van der Waals surface area contributed by atoms with Crippen molar-refractivity contribution in [2.45, 2.75) is 0 Å². The Kier molecular flexibility index (Phi) is 9.32. The summed E-state index contributed by atoms with van der Waals surface area (Å²) in [4.78, 5) is 6.58. The number of nitriles is 1.